The molecule has 1 aromatic heterocycles. The minimum absolute atomic E-state index is 0.0293. The molecule has 0 atom stereocenters. The Hall–Kier alpha value is -1.48. The predicted octanol–water partition coefficient (Wildman–Crippen LogP) is 2.36. The van der Waals surface area contributed by atoms with Gasteiger partial charge in [0.1, 0.15) is 5.82 Å². The summed E-state index contributed by atoms with van der Waals surface area (Å²) < 4.78 is 34.7. The number of benzene rings is 1. The highest BCUT2D eigenvalue weighted by molar-refractivity contribution is 7.89. The third-order valence-corrected chi connectivity index (χ3v) is 7.23. The van der Waals surface area contributed by atoms with E-state index in [4.69, 9.17) is 9.72 Å². The zero-order valence-corrected chi connectivity index (χ0v) is 17.5. The fourth-order valence-electron chi connectivity index (χ4n) is 3.19. The second-order valence-corrected chi connectivity index (χ2v) is 9.47. The van der Waals surface area contributed by atoms with Gasteiger partial charge in [-0.2, -0.15) is 4.31 Å². The Labute approximate surface area is 161 Å². The number of morpholine rings is 1. The number of nitrogens with one attached hydrogen (secondary N) is 1. The summed E-state index contributed by atoms with van der Waals surface area (Å²) >= 11 is 0. The largest absolute Gasteiger partial charge is 0.379 e. The molecule has 0 spiro atoms. The number of aryl methyl sites for hydroxylation is 1. The summed E-state index contributed by atoms with van der Waals surface area (Å²) in [6.45, 7) is 11.7. The summed E-state index contributed by atoms with van der Waals surface area (Å²) in [7, 11) is -3.51. The number of imidazole rings is 1. The lowest BCUT2D eigenvalue weighted by atomic mass is 10.0. The van der Waals surface area contributed by atoms with Crippen molar-refractivity contribution in [3.05, 3.63) is 24.0 Å². The van der Waals surface area contributed by atoms with Gasteiger partial charge in [-0.1, -0.05) is 6.92 Å². The van der Waals surface area contributed by atoms with Crippen LogP contribution in [0.5, 0.6) is 0 Å². The molecular formula is C19H30N4O3S. The van der Waals surface area contributed by atoms with E-state index in [-0.39, 0.29) is 5.54 Å². The number of aromatic nitrogens is 2. The molecule has 1 aliphatic heterocycles. The van der Waals surface area contributed by atoms with Crippen LogP contribution in [0, 0.1) is 0 Å². The molecule has 0 unspecified atom stereocenters. The Balaban J connectivity index is 1.93. The highest BCUT2D eigenvalue weighted by Crippen LogP contribution is 2.24. The van der Waals surface area contributed by atoms with Crippen LogP contribution >= 0.6 is 0 Å². The van der Waals surface area contributed by atoms with Gasteiger partial charge >= 0.3 is 0 Å². The topological polar surface area (TPSA) is 76.5 Å². The maximum atomic E-state index is 12.9. The molecule has 2 aromatic rings. The SMILES string of the molecule is CCn1c(CNC(C)(C)CC)nc2cc(S(=O)(=O)N3CCOCC3)ccc21. The first-order valence-electron chi connectivity index (χ1n) is 9.60. The van der Waals surface area contributed by atoms with Crippen LogP contribution in [-0.2, 0) is 27.8 Å². The zero-order valence-electron chi connectivity index (χ0n) is 16.7. The quantitative estimate of drug-likeness (QED) is 0.780. The molecular weight excluding hydrogens is 364 g/mol. The Kier molecular flexibility index (Phi) is 5.90. The number of hydrogen-bond donors (Lipinski definition) is 1. The third-order valence-electron chi connectivity index (χ3n) is 5.33. The van der Waals surface area contributed by atoms with Crippen molar-refractivity contribution < 1.29 is 13.2 Å². The molecule has 0 amide bonds. The molecule has 0 saturated carbocycles. The fraction of sp³-hybridized carbons (Fsp3) is 0.632. The molecule has 2 heterocycles. The van der Waals surface area contributed by atoms with E-state index >= 15 is 0 Å². The van der Waals surface area contributed by atoms with Crippen molar-refractivity contribution in [1.82, 2.24) is 19.2 Å². The van der Waals surface area contributed by atoms with Crippen LogP contribution in [0.15, 0.2) is 23.1 Å². The summed E-state index contributed by atoms with van der Waals surface area (Å²) in [5.41, 5.74) is 1.71. The van der Waals surface area contributed by atoms with Crippen molar-refractivity contribution in [3.63, 3.8) is 0 Å². The second-order valence-electron chi connectivity index (χ2n) is 7.53. The number of ether oxygens (including phenoxy) is 1. The molecule has 0 aliphatic carbocycles. The number of hydrogen-bond acceptors (Lipinski definition) is 5. The average Bonchev–Trinajstić information content (AvgIpc) is 3.04. The Morgan fingerprint density at radius 2 is 1.93 bits per heavy atom. The molecule has 3 rings (SSSR count). The summed E-state index contributed by atoms with van der Waals surface area (Å²) in [6.07, 6.45) is 1.02. The van der Waals surface area contributed by atoms with Gasteiger partial charge in [0, 0.05) is 25.2 Å². The Morgan fingerprint density at radius 1 is 1.22 bits per heavy atom. The number of nitrogens with zero attached hydrogens (tertiary/aromatic N) is 3. The first kappa shape index (κ1) is 20.3. The molecule has 0 bridgehead atoms. The normalized spacial score (nSPS) is 16.9. The summed E-state index contributed by atoms with van der Waals surface area (Å²) in [4.78, 5) is 5.03. The van der Waals surface area contributed by atoms with Gasteiger partial charge in [0.25, 0.3) is 0 Å². The van der Waals surface area contributed by atoms with Crippen LogP contribution < -0.4 is 5.32 Å². The number of rotatable bonds is 7. The molecule has 1 aromatic carbocycles. The van der Waals surface area contributed by atoms with Gasteiger partial charge in [-0.25, -0.2) is 13.4 Å². The van der Waals surface area contributed by atoms with Crippen molar-refractivity contribution in [1.29, 1.82) is 0 Å². The predicted molar refractivity (Wildman–Crippen MR) is 106 cm³/mol. The minimum atomic E-state index is -3.51. The lowest BCUT2D eigenvalue weighted by Gasteiger charge is -2.26. The third kappa shape index (κ3) is 4.18. The highest BCUT2D eigenvalue weighted by atomic mass is 32.2. The molecule has 7 nitrogen and oxygen atoms in total. The van der Waals surface area contributed by atoms with Gasteiger partial charge in [0.2, 0.25) is 10.0 Å². The van der Waals surface area contributed by atoms with Crippen LogP contribution in [-0.4, -0.2) is 54.1 Å². The fourth-order valence-corrected chi connectivity index (χ4v) is 4.62. The minimum Gasteiger partial charge on any atom is -0.379 e. The number of fused-ring (bicyclic) bond motifs is 1. The standard InChI is InChI=1S/C19H30N4O3S/c1-5-19(3,4)20-14-18-21-16-13-15(7-8-17(16)23(18)6-2)27(24,25)22-9-11-26-12-10-22/h7-8,13,20H,5-6,9-12,14H2,1-4H3. The van der Waals surface area contributed by atoms with E-state index in [0.29, 0.717) is 37.7 Å². The smallest absolute Gasteiger partial charge is 0.243 e. The van der Waals surface area contributed by atoms with Crippen molar-refractivity contribution in [2.45, 2.75) is 57.6 Å². The molecule has 150 valence electrons. The summed E-state index contributed by atoms with van der Waals surface area (Å²) in [5.74, 6) is 0.926. The van der Waals surface area contributed by atoms with E-state index in [0.717, 1.165) is 29.8 Å². The second kappa shape index (κ2) is 7.87. The van der Waals surface area contributed by atoms with Gasteiger partial charge in [-0.3, -0.25) is 0 Å². The molecule has 0 radical (unpaired) electrons. The van der Waals surface area contributed by atoms with E-state index < -0.39 is 10.0 Å². The molecule has 27 heavy (non-hydrogen) atoms. The molecule has 1 fully saturated rings. The summed E-state index contributed by atoms with van der Waals surface area (Å²) in [5, 5.41) is 3.53. The monoisotopic (exact) mass is 394 g/mol. The summed E-state index contributed by atoms with van der Waals surface area (Å²) in [6, 6.07) is 5.25. The van der Waals surface area contributed by atoms with Gasteiger partial charge < -0.3 is 14.6 Å². The maximum absolute atomic E-state index is 12.9. The van der Waals surface area contributed by atoms with Crippen LogP contribution in [0.25, 0.3) is 11.0 Å². The van der Waals surface area contributed by atoms with Crippen LogP contribution in [0.2, 0.25) is 0 Å². The first-order valence-corrected chi connectivity index (χ1v) is 11.0. The Morgan fingerprint density at radius 3 is 2.56 bits per heavy atom. The van der Waals surface area contributed by atoms with Crippen molar-refractivity contribution in [2.75, 3.05) is 26.3 Å². The van der Waals surface area contributed by atoms with E-state index in [2.05, 4.69) is 37.6 Å². The average molecular weight is 395 g/mol. The van der Waals surface area contributed by atoms with Crippen molar-refractivity contribution in [2.24, 2.45) is 0 Å². The molecule has 1 N–H and O–H groups in total. The lowest BCUT2D eigenvalue weighted by Crippen LogP contribution is -2.40. The van der Waals surface area contributed by atoms with Crippen molar-refractivity contribution in [3.8, 4) is 0 Å². The first-order chi connectivity index (χ1) is 12.8. The lowest BCUT2D eigenvalue weighted by molar-refractivity contribution is 0.0730. The van der Waals surface area contributed by atoms with Crippen LogP contribution in [0.3, 0.4) is 0 Å². The van der Waals surface area contributed by atoms with E-state index in [1.54, 1.807) is 12.1 Å². The van der Waals surface area contributed by atoms with E-state index in [1.807, 2.05) is 6.07 Å². The maximum Gasteiger partial charge on any atom is 0.243 e. The Bertz CT molecular complexity index is 899. The van der Waals surface area contributed by atoms with E-state index in [1.165, 1.54) is 4.31 Å². The molecule has 1 aliphatic rings. The zero-order chi connectivity index (χ0) is 19.7. The van der Waals surface area contributed by atoms with E-state index in [9.17, 15) is 8.42 Å². The van der Waals surface area contributed by atoms with Gasteiger partial charge in [0.05, 0.1) is 35.7 Å². The number of sulfonamides is 1. The molecule has 1 saturated heterocycles. The van der Waals surface area contributed by atoms with Crippen LogP contribution in [0.4, 0.5) is 0 Å². The van der Waals surface area contributed by atoms with Gasteiger partial charge in [-0.05, 0) is 45.4 Å². The van der Waals surface area contributed by atoms with Crippen molar-refractivity contribution >= 4 is 21.1 Å². The highest BCUT2D eigenvalue weighted by Gasteiger charge is 2.27. The van der Waals surface area contributed by atoms with Gasteiger partial charge in [0.15, 0.2) is 0 Å². The van der Waals surface area contributed by atoms with Crippen LogP contribution in [0.1, 0.15) is 39.9 Å². The molecule has 8 heteroatoms. The van der Waals surface area contributed by atoms with Gasteiger partial charge in [-0.15, -0.1) is 0 Å².